The van der Waals surface area contributed by atoms with Gasteiger partial charge in [-0.05, 0) is 35.7 Å². The molecule has 5 nitrogen and oxygen atoms in total. The molecule has 0 fully saturated rings. The lowest BCUT2D eigenvalue weighted by molar-refractivity contribution is -0.128. The fraction of sp³-hybridized carbons (Fsp3) is 0.158. The Bertz CT molecular complexity index is 968. The molecule has 1 aromatic heterocycles. The van der Waals surface area contributed by atoms with Gasteiger partial charge in [0.15, 0.2) is 0 Å². The standard InChI is InChI=1S/C19H17Cl2N3O2/c20-14-4-1-3-12(9-14)11-24(19(22)26)17(25)8-7-13-10-23-18-15(13)5-2-6-16(18)21/h1-6,9-10,23H,7-8,11H2,(H2,22,26). The number of aromatic nitrogens is 1. The molecule has 3 N–H and O–H groups in total. The number of imide groups is 1. The number of fused-ring (bicyclic) bond motifs is 1. The first-order valence-corrected chi connectivity index (χ1v) is 8.80. The number of nitrogens with two attached hydrogens (primary N) is 1. The van der Waals surface area contributed by atoms with Crippen LogP contribution in [0.5, 0.6) is 0 Å². The summed E-state index contributed by atoms with van der Waals surface area (Å²) in [6.07, 6.45) is 2.46. The molecule has 0 aliphatic rings. The molecule has 0 bridgehead atoms. The molecule has 2 aromatic carbocycles. The highest BCUT2D eigenvalue weighted by atomic mass is 35.5. The first-order chi connectivity index (χ1) is 12.5. The van der Waals surface area contributed by atoms with E-state index in [1.165, 1.54) is 0 Å². The minimum absolute atomic E-state index is 0.0917. The third-order valence-corrected chi connectivity index (χ3v) is 4.71. The Hall–Kier alpha value is -2.50. The number of urea groups is 1. The molecule has 0 saturated heterocycles. The quantitative estimate of drug-likeness (QED) is 0.672. The zero-order valence-corrected chi connectivity index (χ0v) is 15.3. The van der Waals surface area contributed by atoms with E-state index in [0.717, 1.165) is 26.9 Å². The van der Waals surface area contributed by atoms with Crippen molar-refractivity contribution >= 4 is 46.0 Å². The van der Waals surface area contributed by atoms with Gasteiger partial charge in [0, 0.05) is 23.0 Å². The van der Waals surface area contributed by atoms with E-state index in [9.17, 15) is 9.59 Å². The molecular formula is C19H17Cl2N3O2. The Morgan fingerprint density at radius 3 is 2.62 bits per heavy atom. The minimum atomic E-state index is -0.781. The number of aromatic amines is 1. The van der Waals surface area contributed by atoms with E-state index < -0.39 is 6.03 Å². The van der Waals surface area contributed by atoms with Crippen molar-refractivity contribution in [2.24, 2.45) is 5.73 Å². The van der Waals surface area contributed by atoms with Crippen molar-refractivity contribution in [3.8, 4) is 0 Å². The van der Waals surface area contributed by atoms with Crippen LogP contribution in [-0.2, 0) is 17.8 Å². The summed E-state index contributed by atoms with van der Waals surface area (Å²) in [5.74, 6) is -0.339. The van der Waals surface area contributed by atoms with Gasteiger partial charge in [-0.3, -0.25) is 9.69 Å². The fourth-order valence-electron chi connectivity index (χ4n) is 2.87. The highest BCUT2D eigenvalue weighted by Crippen LogP contribution is 2.26. The second-order valence-electron chi connectivity index (χ2n) is 5.92. The summed E-state index contributed by atoms with van der Waals surface area (Å²) < 4.78 is 0. The van der Waals surface area contributed by atoms with Gasteiger partial charge in [0.05, 0.1) is 17.1 Å². The Morgan fingerprint density at radius 1 is 1.12 bits per heavy atom. The van der Waals surface area contributed by atoms with Gasteiger partial charge in [-0.15, -0.1) is 0 Å². The van der Waals surface area contributed by atoms with Crippen molar-refractivity contribution in [3.63, 3.8) is 0 Å². The van der Waals surface area contributed by atoms with Crippen LogP contribution in [-0.4, -0.2) is 21.8 Å². The fourth-order valence-corrected chi connectivity index (χ4v) is 3.31. The van der Waals surface area contributed by atoms with Gasteiger partial charge in [0.2, 0.25) is 5.91 Å². The second kappa shape index (κ2) is 7.81. The van der Waals surface area contributed by atoms with E-state index in [-0.39, 0.29) is 18.9 Å². The number of halogens is 2. The molecule has 134 valence electrons. The molecule has 0 atom stereocenters. The Morgan fingerprint density at radius 2 is 1.88 bits per heavy atom. The summed E-state index contributed by atoms with van der Waals surface area (Å²) in [4.78, 5) is 28.4. The molecule has 3 amide bonds. The molecule has 26 heavy (non-hydrogen) atoms. The molecule has 0 saturated carbocycles. The van der Waals surface area contributed by atoms with E-state index in [0.29, 0.717) is 16.5 Å². The third kappa shape index (κ3) is 4.00. The van der Waals surface area contributed by atoms with Crippen LogP contribution >= 0.6 is 23.2 Å². The van der Waals surface area contributed by atoms with Crippen LogP contribution in [0.25, 0.3) is 10.9 Å². The van der Waals surface area contributed by atoms with E-state index in [1.54, 1.807) is 30.3 Å². The lowest BCUT2D eigenvalue weighted by Gasteiger charge is -2.18. The number of benzene rings is 2. The Labute approximate surface area is 160 Å². The number of hydrogen-bond acceptors (Lipinski definition) is 2. The third-order valence-electron chi connectivity index (χ3n) is 4.16. The SMILES string of the molecule is NC(=O)N(Cc1cccc(Cl)c1)C(=O)CCc1c[nH]c2c(Cl)cccc12. The van der Waals surface area contributed by atoms with Crippen LogP contribution in [0, 0.1) is 0 Å². The van der Waals surface area contributed by atoms with E-state index in [1.807, 2.05) is 18.3 Å². The lowest BCUT2D eigenvalue weighted by atomic mass is 10.1. The molecule has 1 heterocycles. The number of para-hydroxylation sites is 1. The zero-order chi connectivity index (χ0) is 18.7. The molecule has 0 spiro atoms. The molecular weight excluding hydrogens is 373 g/mol. The summed E-state index contributed by atoms with van der Waals surface area (Å²) in [5, 5.41) is 2.13. The summed E-state index contributed by atoms with van der Waals surface area (Å²) in [5.41, 5.74) is 7.93. The number of carbonyl (C=O) groups is 2. The van der Waals surface area contributed by atoms with Gasteiger partial charge >= 0.3 is 6.03 Å². The smallest absolute Gasteiger partial charge is 0.321 e. The van der Waals surface area contributed by atoms with Crippen molar-refractivity contribution in [2.75, 3.05) is 0 Å². The number of amides is 3. The largest absolute Gasteiger partial charge is 0.360 e. The van der Waals surface area contributed by atoms with Crippen LogP contribution in [0.2, 0.25) is 10.0 Å². The minimum Gasteiger partial charge on any atom is -0.360 e. The predicted octanol–water partition coefficient (Wildman–Crippen LogP) is 4.51. The van der Waals surface area contributed by atoms with Gasteiger partial charge in [0.1, 0.15) is 0 Å². The number of hydrogen-bond donors (Lipinski definition) is 2. The molecule has 0 aliphatic carbocycles. The van der Waals surface area contributed by atoms with Crippen LogP contribution in [0.3, 0.4) is 0 Å². The van der Waals surface area contributed by atoms with Crippen molar-refractivity contribution in [3.05, 3.63) is 69.8 Å². The average molecular weight is 390 g/mol. The number of nitrogens with one attached hydrogen (secondary N) is 1. The first-order valence-electron chi connectivity index (χ1n) is 8.04. The second-order valence-corrected chi connectivity index (χ2v) is 6.77. The molecule has 3 rings (SSSR count). The highest BCUT2D eigenvalue weighted by Gasteiger charge is 2.20. The van der Waals surface area contributed by atoms with Gasteiger partial charge < -0.3 is 10.7 Å². The molecule has 3 aromatic rings. The van der Waals surface area contributed by atoms with E-state index >= 15 is 0 Å². The number of rotatable bonds is 5. The van der Waals surface area contributed by atoms with Gasteiger partial charge in [-0.2, -0.15) is 0 Å². The van der Waals surface area contributed by atoms with Gasteiger partial charge in [-0.1, -0.05) is 47.5 Å². The molecule has 0 aliphatic heterocycles. The number of carbonyl (C=O) groups excluding carboxylic acids is 2. The monoisotopic (exact) mass is 389 g/mol. The van der Waals surface area contributed by atoms with Crippen LogP contribution < -0.4 is 5.73 Å². The first kappa shape index (κ1) is 18.3. The molecule has 0 unspecified atom stereocenters. The number of H-pyrrole nitrogens is 1. The Kier molecular flexibility index (Phi) is 5.49. The van der Waals surface area contributed by atoms with Crippen molar-refractivity contribution in [1.29, 1.82) is 0 Å². The molecule has 0 radical (unpaired) electrons. The topological polar surface area (TPSA) is 79.2 Å². The summed E-state index contributed by atoms with van der Waals surface area (Å²) in [7, 11) is 0. The average Bonchev–Trinajstić information content (AvgIpc) is 3.02. The summed E-state index contributed by atoms with van der Waals surface area (Å²) >= 11 is 12.1. The Balaban J connectivity index is 1.72. The summed E-state index contributed by atoms with van der Waals surface area (Å²) in [6, 6.07) is 11.8. The number of aryl methyl sites for hydroxylation is 1. The van der Waals surface area contributed by atoms with Crippen molar-refractivity contribution < 1.29 is 9.59 Å². The van der Waals surface area contributed by atoms with E-state index in [4.69, 9.17) is 28.9 Å². The number of nitrogens with zero attached hydrogens (tertiary/aromatic N) is 1. The summed E-state index contributed by atoms with van der Waals surface area (Å²) in [6.45, 7) is 0.0917. The zero-order valence-electron chi connectivity index (χ0n) is 13.8. The molecule has 7 heteroatoms. The van der Waals surface area contributed by atoms with Crippen molar-refractivity contribution in [2.45, 2.75) is 19.4 Å². The predicted molar refractivity (Wildman–Crippen MR) is 103 cm³/mol. The normalized spacial score (nSPS) is 10.8. The lowest BCUT2D eigenvalue weighted by Crippen LogP contribution is -2.40. The maximum absolute atomic E-state index is 12.5. The van der Waals surface area contributed by atoms with Crippen LogP contribution in [0.1, 0.15) is 17.5 Å². The maximum Gasteiger partial charge on any atom is 0.321 e. The van der Waals surface area contributed by atoms with Gasteiger partial charge in [-0.25, -0.2) is 4.79 Å². The maximum atomic E-state index is 12.5. The number of primary amides is 1. The van der Waals surface area contributed by atoms with Crippen molar-refractivity contribution in [1.82, 2.24) is 9.88 Å². The van der Waals surface area contributed by atoms with E-state index in [2.05, 4.69) is 4.98 Å². The highest BCUT2D eigenvalue weighted by molar-refractivity contribution is 6.35. The van der Waals surface area contributed by atoms with Crippen LogP contribution in [0.15, 0.2) is 48.7 Å². The van der Waals surface area contributed by atoms with Crippen LogP contribution in [0.4, 0.5) is 4.79 Å². The van der Waals surface area contributed by atoms with Gasteiger partial charge in [0.25, 0.3) is 0 Å².